The van der Waals surface area contributed by atoms with Crippen LogP contribution in [0.5, 0.6) is 0 Å². The van der Waals surface area contributed by atoms with Gasteiger partial charge in [-0.3, -0.25) is 4.79 Å². The van der Waals surface area contributed by atoms with E-state index in [0.717, 1.165) is 89.9 Å². The number of aliphatic hydroxyl groups excluding tert-OH is 11. The molecule has 0 aromatic heterocycles. The topological polar surface area (TPSA) is 307 Å². The fourth-order valence-corrected chi connectivity index (χ4v) is 11.6. The lowest BCUT2D eigenvalue weighted by molar-refractivity contribution is -0.379. The van der Waals surface area contributed by atoms with Gasteiger partial charge in [0.25, 0.3) is 0 Å². The van der Waals surface area contributed by atoms with Crippen LogP contribution < -0.4 is 5.32 Å². The zero-order chi connectivity index (χ0) is 65.4. The molecule has 522 valence electrons. The first kappa shape index (κ1) is 81.5. The van der Waals surface area contributed by atoms with Crippen molar-refractivity contribution in [1.82, 2.24) is 5.32 Å². The molecule has 3 heterocycles. The van der Waals surface area contributed by atoms with Crippen LogP contribution in [0.2, 0.25) is 0 Å². The predicted molar refractivity (Wildman–Crippen MR) is 351 cm³/mol. The molecule has 12 N–H and O–H groups in total. The minimum atomic E-state index is -1.98. The Hall–Kier alpha value is -2.77. The van der Waals surface area contributed by atoms with Crippen molar-refractivity contribution in [3.8, 4) is 0 Å². The number of hydrogen-bond acceptors (Lipinski definition) is 18. The van der Waals surface area contributed by atoms with Gasteiger partial charge in [-0.05, 0) is 64.2 Å². The molecule has 3 aliphatic heterocycles. The molecule has 3 rings (SSSR count). The van der Waals surface area contributed by atoms with E-state index in [4.69, 9.17) is 28.4 Å². The third kappa shape index (κ3) is 34.1. The Morgan fingerprint density at radius 2 is 0.767 bits per heavy atom. The third-order valence-corrected chi connectivity index (χ3v) is 17.3. The molecule has 3 aliphatic rings. The minimum absolute atomic E-state index is 0.233. The number of amides is 1. The molecule has 0 aromatic carbocycles. The van der Waals surface area contributed by atoms with Gasteiger partial charge in [0.05, 0.1) is 38.6 Å². The number of allylic oxidation sites excluding steroid dienone is 11. The van der Waals surface area contributed by atoms with Gasteiger partial charge in [0, 0.05) is 6.42 Å². The minimum Gasteiger partial charge on any atom is -0.394 e. The predicted octanol–water partition coefficient (Wildman–Crippen LogP) is 9.33. The lowest BCUT2D eigenvalue weighted by Gasteiger charge is -2.48. The van der Waals surface area contributed by atoms with Crippen LogP contribution in [-0.4, -0.2) is 193 Å². The maximum absolute atomic E-state index is 13.4. The molecule has 3 fully saturated rings. The number of nitrogens with one attached hydrogen (secondary N) is 1. The summed E-state index contributed by atoms with van der Waals surface area (Å²) in [4.78, 5) is 13.4. The van der Waals surface area contributed by atoms with Gasteiger partial charge < -0.3 is 89.9 Å². The number of hydrogen-bond donors (Lipinski definition) is 12. The maximum Gasteiger partial charge on any atom is 0.220 e. The molecule has 90 heavy (non-hydrogen) atoms. The van der Waals surface area contributed by atoms with Crippen LogP contribution in [0.4, 0.5) is 0 Å². The van der Waals surface area contributed by atoms with Gasteiger partial charge >= 0.3 is 0 Å². The first-order valence-corrected chi connectivity index (χ1v) is 35.2. The molecule has 0 radical (unpaired) electrons. The second-order valence-corrected chi connectivity index (χ2v) is 25.0. The van der Waals surface area contributed by atoms with Crippen LogP contribution in [0.3, 0.4) is 0 Å². The highest BCUT2D eigenvalue weighted by Gasteiger charge is 2.53. The molecule has 3 saturated heterocycles. The van der Waals surface area contributed by atoms with E-state index in [-0.39, 0.29) is 18.9 Å². The summed E-state index contributed by atoms with van der Waals surface area (Å²) in [6, 6.07) is -0.981. The van der Waals surface area contributed by atoms with Crippen molar-refractivity contribution in [2.24, 2.45) is 0 Å². The van der Waals surface area contributed by atoms with Crippen molar-refractivity contribution in [2.75, 3.05) is 26.4 Å². The van der Waals surface area contributed by atoms with E-state index in [1.54, 1.807) is 6.08 Å². The summed E-state index contributed by atoms with van der Waals surface area (Å²) in [7, 11) is 0. The second kappa shape index (κ2) is 52.5. The number of ether oxygens (including phenoxy) is 6. The summed E-state index contributed by atoms with van der Waals surface area (Å²) < 4.78 is 34.4. The second-order valence-electron chi connectivity index (χ2n) is 25.0. The van der Waals surface area contributed by atoms with Crippen LogP contribution >= 0.6 is 0 Å². The molecule has 0 aromatic rings. The smallest absolute Gasteiger partial charge is 0.220 e. The molecule has 17 atom stereocenters. The van der Waals surface area contributed by atoms with Gasteiger partial charge in [0.2, 0.25) is 5.91 Å². The summed E-state index contributed by atoms with van der Waals surface area (Å²) in [5, 5.41) is 121. The van der Waals surface area contributed by atoms with E-state index in [2.05, 4.69) is 79.9 Å². The molecular formula is C71H125NO18. The number of rotatable bonds is 53. The summed E-state index contributed by atoms with van der Waals surface area (Å²) in [5.41, 5.74) is 0. The van der Waals surface area contributed by atoms with Crippen molar-refractivity contribution >= 4 is 5.91 Å². The quantitative estimate of drug-likeness (QED) is 0.0199. The number of carbonyl (C=O) groups excluding carboxylic acids is 1. The van der Waals surface area contributed by atoms with E-state index in [0.29, 0.717) is 6.42 Å². The van der Waals surface area contributed by atoms with E-state index >= 15 is 0 Å². The first-order chi connectivity index (χ1) is 43.8. The van der Waals surface area contributed by atoms with E-state index in [1.165, 1.54) is 122 Å². The molecule has 0 aliphatic carbocycles. The van der Waals surface area contributed by atoms with Crippen LogP contribution in [0.25, 0.3) is 0 Å². The normalized spacial score (nSPS) is 28.5. The molecule has 0 saturated carbocycles. The van der Waals surface area contributed by atoms with Crippen molar-refractivity contribution in [3.63, 3.8) is 0 Å². The average Bonchev–Trinajstić information content (AvgIpc) is 0.847. The van der Waals surface area contributed by atoms with Crippen molar-refractivity contribution in [1.29, 1.82) is 0 Å². The zero-order valence-corrected chi connectivity index (χ0v) is 55.1. The molecule has 17 unspecified atom stereocenters. The van der Waals surface area contributed by atoms with Gasteiger partial charge in [-0.15, -0.1) is 0 Å². The van der Waals surface area contributed by atoms with Crippen LogP contribution in [-0.2, 0) is 33.2 Å². The first-order valence-electron chi connectivity index (χ1n) is 35.2. The lowest BCUT2D eigenvalue weighted by Crippen LogP contribution is -2.66. The van der Waals surface area contributed by atoms with Gasteiger partial charge in [-0.2, -0.15) is 0 Å². The van der Waals surface area contributed by atoms with Crippen molar-refractivity contribution in [2.45, 2.75) is 343 Å². The fraction of sp³-hybridized carbons (Fsp3) is 0.817. The Labute approximate surface area is 540 Å². The van der Waals surface area contributed by atoms with E-state index < -0.39 is 124 Å². The van der Waals surface area contributed by atoms with Gasteiger partial charge in [-0.25, -0.2) is 0 Å². The third-order valence-electron chi connectivity index (χ3n) is 17.3. The van der Waals surface area contributed by atoms with Gasteiger partial charge in [0.1, 0.15) is 73.2 Å². The van der Waals surface area contributed by atoms with E-state index in [1.807, 2.05) is 6.08 Å². The SMILES string of the molecule is CC/C=C\C/C=C\C/C=C\C/C=C\C/C=C\CCCCCCCCCCCC(=O)NC(COC1OC(CO)C(OC2OC(CO)C(OC3OC(CO)C(O)C(O)C3O)C(O)C2O)C(O)C1O)C(O)/C=C/CCCCCCCCCCCCCCCCCCCC. The van der Waals surface area contributed by atoms with Crippen LogP contribution in [0.1, 0.15) is 239 Å². The maximum atomic E-state index is 13.4. The average molecular weight is 1280 g/mol. The van der Waals surface area contributed by atoms with Crippen LogP contribution in [0.15, 0.2) is 72.9 Å². The summed E-state index contributed by atoms with van der Waals surface area (Å²) >= 11 is 0. The zero-order valence-electron chi connectivity index (χ0n) is 55.1. The number of carbonyl (C=O) groups is 1. The highest BCUT2D eigenvalue weighted by atomic mass is 16.8. The molecule has 1 amide bonds. The monoisotopic (exact) mass is 1280 g/mol. The summed E-state index contributed by atoms with van der Waals surface area (Å²) in [6.07, 6.45) is 38.6. The molecule has 19 heteroatoms. The number of aliphatic hydroxyl groups is 11. The van der Waals surface area contributed by atoms with E-state index in [9.17, 15) is 61.0 Å². The molecule has 19 nitrogen and oxygen atoms in total. The Kier molecular flexibility index (Phi) is 47.5. The summed E-state index contributed by atoms with van der Waals surface area (Å²) in [6.45, 7) is 1.62. The van der Waals surface area contributed by atoms with Crippen LogP contribution in [0, 0.1) is 0 Å². The van der Waals surface area contributed by atoms with Crippen molar-refractivity contribution in [3.05, 3.63) is 72.9 Å². The molecule has 0 spiro atoms. The van der Waals surface area contributed by atoms with Gasteiger partial charge in [0.15, 0.2) is 18.9 Å². The van der Waals surface area contributed by atoms with Gasteiger partial charge in [-0.1, -0.05) is 241 Å². The largest absolute Gasteiger partial charge is 0.394 e. The van der Waals surface area contributed by atoms with Crippen molar-refractivity contribution < 1.29 is 89.4 Å². The fourth-order valence-electron chi connectivity index (χ4n) is 11.6. The number of unbranched alkanes of at least 4 members (excludes halogenated alkanes) is 27. The Bertz CT molecular complexity index is 1920. The Morgan fingerprint density at radius 3 is 1.20 bits per heavy atom. The Morgan fingerprint density at radius 1 is 0.411 bits per heavy atom. The Balaban J connectivity index is 1.44. The molecular weight excluding hydrogens is 1150 g/mol. The lowest BCUT2D eigenvalue weighted by atomic mass is 9.96. The molecule has 0 bridgehead atoms. The highest BCUT2D eigenvalue weighted by molar-refractivity contribution is 5.76. The summed E-state index contributed by atoms with van der Waals surface area (Å²) in [5.74, 6) is -0.283. The standard InChI is InChI=1S/C71H125NO18/c1-3-5-7-9-11-13-15-17-19-21-23-25-26-27-28-29-31-33-35-37-39-41-43-45-47-49-59(77)72-54(55(76)48-46-44-42-40-38-36-34-32-30-24-22-20-18-16-14-12-10-8-6-4-2)53-85-69-65(83)62(80)67(57(51-74)87-69)90-71-66(84)63(81)68(58(52-75)88-71)89-70-64(82)61(79)60(78)56(50-73)86-70/h5,7,11,13,17,19,23,25,27-28,46,48,54-58,60-71,73-76,78-84H,3-4,6,8-10,12,14-16,18,20-22,24,26,29-45,47,49-53H2,1-2H3,(H,72,77)/b7-5-,13-11-,19-17-,25-23-,28-27-,48-46+. The highest BCUT2D eigenvalue weighted by Crippen LogP contribution is 2.33.